The third-order valence-electron chi connectivity index (χ3n) is 4.13. The van der Waals surface area contributed by atoms with Gasteiger partial charge in [0.15, 0.2) is 0 Å². The van der Waals surface area contributed by atoms with E-state index in [4.69, 9.17) is 11.6 Å². The summed E-state index contributed by atoms with van der Waals surface area (Å²) in [4.78, 5) is 20.9. The Labute approximate surface area is 163 Å². The summed E-state index contributed by atoms with van der Waals surface area (Å²) in [6.45, 7) is 4.63. The average molecular weight is 381 g/mol. The molecule has 138 valence electrons. The van der Waals surface area contributed by atoms with Crippen molar-refractivity contribution in [3.8, 4) is 0 Å². The maximum atomic E-state index is 12.4. The number of nitrogens with one attached hydrogen (secondary N) is 2. The van der Waals surface area contributed by atoms with Gasteiger partial charge in [0.25, 0.3) is 5.91 Å². The van der Waals surface area contributed by atoms with E-state index in [1.165, 1.54) is 6.20 Å². The summed E-state index contributed by atoms with van der Waals surface area (Å²) in [7, 11) is 0. The zero-order chi connectivity index (χ0) is 19.2. The fraction of sp³-hybridized carbons (Fsp3) is 0.190. The molecule has 27 heavy (non-hydrogen) atoms. The SMILES string of the molecule is Cc1ccc(C)c(NC(=O)c2cnc(NCCc3cccc(Cl)c3)cn2)c1. The van der Waals surface area contributed by atoms with E-state index < -0.39 is 0 Å². The number of anilines is 2. The van der Waals surface area contributed by atoms with Gasteiger partial charge in [0.1, 0.15) is 11.5 Å². The molecule has 0 unspecified atom stereocenters. The van der Waals surface area contributed by atoms with Crippen LogP contribution >= 0.6 is 11.6 Å². The lowest BCUT2D eigenvalue weighted by Gasteiger charge is -2.09. The molecule has 0 aliphatic carbocycles. The summed E-state index contributed by atoms with van der Waals surface area (Å²) in [6, 6.07) is 13.7. The Balaban J connectivity index is 1.56. The van der Waals surface area contributed by atoms with Crippen LogP contribution in [0.4, 0.5) is 11.5 Å². The van der Waals surface area contributed by atoms with Crippen molar-refractivity contribution in [1.29, 1.82) is 0 Å². The number of amides is 1. The van der Waals surface area contributed by atoms with Crippen molar-refractivity contribution >= 4 is 29.0 Å². The first-order valence-electron chi connectivity index (χ1n) is 8.70. The van der Waals surface area contributed by atoms with Gasteiger partial charge in [-0.1, -0.05) is 35.9 Å². The Morgan fingerprint density at radius 2 is 1.93 bits per heavy atom. The maximum absolute atomic E-state index is 12.4. The Bertz CT molecular complexity index is 941. The van der Waals surface area contributed by atoms with Gasteiger partial charge in [0.05, 0.1) is 12.4 Å². The van der Waals surface area contributed by atoms with Crippen LogP contribution in [0.1, 0.15) is 27.2 Å². The molecule has 3 aromatic rings. The molecule has 2 N–H and O–H groups in total. The highest BCUT2D eigenvalue weighted by atomic mass is 35.5. The first-order chi connectivity index (χ1) is 13.0. The van der Waals surface area contributed by atoms with E-state index >= 15 is 0 Å². The van der Waals surface area contributed by atoms with E-state index in [0.29, 0.717) is 12.4 Å². The minimum Gasteiger partial charge on any atom is -0.368 e. The Morgan fingerprint density at radius 3 is 2.67 bits per heavy atom. The number of nitrogens with zero attached hydrogens (tertiary/aromatic N) is 2. The van der Waals surface area contributed by atoms with Crippen molar-refractivity contribution in [2.75, 3.05) is 17.2 Å². The van der Waals surface area contributed by atoms with E-state index in [0.717, 1.165) is 33.8 Å². The van der Waals surface area contributed by atoms with Crippen molar-refractivity contribution in [3.63, 3.8) is 0 Å². The van der Waals surface area contributed by atoms with E-state index in [1.54, 1.807) is 6.20 Å². The molecule has 0 bridgehead atoms. The molecule has 5 nitrogen and oxygen atoms in total. The summed E-state index contributed by atoms with van der Waals surface area (Å²) in [5, 5.41) is 6.81. The number of aromatic nitrogens is 2. The Kier molecular flexibility index (Phi) is 6.04. The minimum absolute atomic E-state index is 0.274. The van der Waals surface area contributed by atoms with Crippen LogP contribution in [0.25, 0.3) is 0 Å². The number of benzene rings is 2. The van der Waals surface area contributed by atoms with Crippen LogP contribution in [0.15, 0.2) is 54.9 Å². The van der Waals surface area contributed by atoms with E-state index in [-0.39, 0.29) is 11.6 Å². The van der Waals surface area contributed by atoms with Gasteiger partial charge in [-0.3, -0.25) is 4.79 Å². The van der Waals surface area contributed by atoms with Gasteiger partial charge in [-0.25, -0.2) is 9.97 Å². The molecule has 0 fully saturated rings. The minimum atomic E-state index is -0.276. The number of hydrogen-bond acceptors (Lipinski definition) is 4. The Hall–Kier alpha value is -2.92. The molecule has 0 radical (unpaired) electrons. The van der Waals surface area contributed by atoms with Gasteiger partial charge in [-0.2, -0.15) is 0 Å². The molecule has 3 rings (SSSR count). The van der Waals surface area contributed by atoms with Crippen molar-refractivity contribution in [2.24, 2.45) is 0 Å². The van der Waals surface area contributed by atoms with Gasteiger partial charge < -0.3 is 10.6 Å². The normalized spacial score (nSPS) is 10.5. The molecule has 1 heterocycles. The smallest absolute Gasteiger partial charge is 0.275 e. The highest BCUT2D eigenvalue weighted by molar-refractivity contribution is 6.30. The quantitative estimate of drug-likeness (QED) is 0.653. The lowest BCUT2D eigenvalue weighted by Crippen LogP contribution is -2.15. The van der Waals surface area contributed by atoms with Crippen molar-refractivity contribution in [3.05, 3.63) is 82.3 Å². The van der Waals surface area contributed by atoms with Gasteiger partial charge in [-0.15, -0.1) is 0 Å². The van der Waals surface area contributed by atoms with Crippen molar-refractivity contribution in [1.82, 2.24) is 9.97 Å². The fourth-order valence-corrected chi connectivity index (χ4v) is 2.83. The standard InChI is InChI=1S/C21H21ClN4O/c1-14-6-7-15(2)18(10-14)26-21(27)19-12-25-20(13-24-19)23-9-8-16-4-3-5-17(22)11-16/h3-7,10-13H,8-9H2,1-2H3,(H,23,25)(H,26,27). The highest BCUT2D eigenvalue weighted by Crippen LogP contribution is 2.17. The number of rotatable bonds is 6. The average Bonchev–Trinajstić information content (AvgIpc) is 2.65. The van der Waals surface area contributed by atoms with Crippen LogP contribution < -0.4 is 10.6 Å². The predicted molar refractivity (Wildman–Crippen MR) is 110 cm³/mol. The Morgan fingerprint density at radius 1 is 1.07 bits per heavy atom. The first kappa shape index (κ1) is 18.9. The second-order valence-electron chi connectivity index (χ2n) is 6.37. The molecule has 0 saturated carbocycles. The predicted octanol–water partition coefficient (Wildman–Crippen LogP) is 4.65. The van der Waals surface area contributed by atoms with E-state index in [1.807, 2.05) is 56.3 Å². The molecule has 2 aromatic carbocycles. The summed E-state index contributed by atoms with van der Waals surface area (Å²) >= 11 is 5.98. The molecule has 1 amide bonds. The van der Waals surface area contributed by atoms with E-state index in [9.17, 15) is 4.79 Å². The summed E-state index contributed by atoms with van der Waals surface area (Å²) in [5.41, 5.74) is 4.29. The van der Waals surface area contributed by atoms with Crippen LogP contribution in [0.3, 0.4) is 0 Å². The molecule has 0 aliphatic heterocycles. The molecule has 0 atom stereocenters. The van der Waals surface area contributed by atoms with Crippen LogP contribution in [0.5, 0.6) is 0 Å². The summed E-state index contributed by atoms with van der Waals surface area (Å²) < 4.78 is 0. The number of carbonyl (C=O) groups is 1. The summed E-state index contributed by atoms with van der Waals surface area (Å²) in [5.74, 6) is 0.349. The van der Waals surface area contributed by atoms with Gasteiger partial charge in [-0.05, 0) is 55.2 Å². The van der Waals surface area contributed by atoms with Crippen LogP contribution in [-0.4, -0.2) is 22.4 Å². The van der Waals surface area contributed by atoms with Gasteiger partial charge >= 0.3 is 0 Å². The second-order valence-corrected chi connectivity index (χ2v) is 6.80. The molecule has 0 aliphatic rings. The summed E-state index contributed by atoms with van der Waals surface area (Å²) in [6.07, 6.45) is 3.86. The fourth-order valence-electron chi connectivity index (χ4n) is 2.62. The largest absolute Gasteiger partial charge is 0.368 e. The number of aryl methyl sites for hydroxylation is 2. The molecule has 6 heteroatoms. The third-order valence-corrected chi connectivity index (χ3v) is 4.37. The van der Waals surface area contributed by atoms with Crippen LogP contribution in [0.2, 0.25) is 5.02 Å². The molecular weight excluding hydrogens is 360 g/mol. The van der Waals surface area contributed by atoms with Gasteiger partial charge in [0.2, 0.25) is 0 Å². The van der Waals surface area contributed by atoms with Crippen LogP contribution in [0, 0.1) is 13.8 Å². The monoisotopic (exact) mass is 380 g/mol. The molecule has 1 aromatic heterocycles. The van der Waals surface area contributed by atoms with Crippen molar-refractivity contribution in [2.45, 2.75) is 20.3 Å². The van der Waals surface area contributed by atoms with Crippen LogP contribution in [-0.2, 0) is 6.42 Å². The second kappa shape index (κ2) is 8.64. The zero-order valence-electron chi connectivity index (χ0n) is 15.3. The highest BCUT2D eigenvalue weighted by Gasteiger charge is 2.10. The molecule has 0 saturated heterocycles. The zero-order valence-corrected chi connectivity index (χ0v) is 16.0. The lowest BCUT2D eigenvalue weighted by atomic mass is 10.1. The van der Waals surface area contributed by atoms with Crippen molar-refractivity contribution < 1.29 is 4.79 Å². The lowest BCUT2D eigenvalue weighted by molar-refractivity contribution is 0.102. The topological polar surface area (TPSA) is 66.9 Å². The number of halogens is 1. The third kappa shape index (κ3) is 5.28. The van der Waals surface area contributed by atoms with Gasteiger partial charge in [0, 0.05) is 17.3 Å². The number of hydrogen-bond donors (Lipinski definition) is 2. The number of carbonyl (C=O) groups excluding carboxylic acids is 1. The molecule has 0 spiro atoms. The van der Waals surface area contributed by atoms with E-state index in [2.05, 4.69) is 20.6 Å². The molecular formula is C21H21ClN4O. The maximum Gasteiger partial charge on any atom is 0.275 e. The first-order valence-corrected chi connectivity index (χ1v) is 9.08.